The molecule has 1 aromatic rings. The second kappa shape index (κ2) is 6.52. The largest absolute Gasteiger partial charge is 0.327 e. The van der Waals surface area contributed by atoms with Crippen LogP contribution in [0, 0.1) is 11.8 Å². The molecule has 0 amide bonds. The first-order valence-electron chi connectivity index (χ1n) is 9.09. The van der Waals surface area contributed by atoms with Crippen molar-refractivity contribution in [3.63, 3.8) is 0 Å². The Morgan fingerprint density at radius 2 is 1.71 bits per heavy atom. The van der Waals surface area contributed by atoms with Gasteiger partial charge in [-0.1, -0.05) is 75.8 Å². The van der Waals surface area contributed by atoms with Crippen LogP contribution in [0.2, 0.25) is 0 Å². The van der Waals surface area contributed by atoms with Crippen LogP contribution >= 0.6 is 0 Å². The fourth-order valence-electron chi connectivity index (χ4n) is 5.22. The Morgan fingerprint density at radius 1 is 1.05 bits per heavy atom. The average Bonchev–Trinajstić information content (AvgIpc) is 3.06. The molecule has 1 heteroatoms. The standard InChI is InChI=1S/C20H31N/c1-2-16-10-6-7-13-18(16)19(21)20(14-8-9-15-20)17-11-4-3-5-12-17/h3-5,11-12,16,18-19H,2,6-10,13-15,21H2,1H3. The van der Waals surface area contributed by atoms with Gasteiger partial charge in [-0.05, 0) is 36.7 Å². The summed E-state index contributed by atoms with van der Waals surface area (Å²) in [6.07, 6.45) is 12.2. The van der Waals surface area contributed by atoms with Crippen molar-refractivity contribution in [1.29, 1.82) is 0 Å². The first-order valence-corrected chi connectivity index (χ1v) is 9.09. The molecule has 3 unspecified atom stereocenters. The Hall–Kier alpha value is -0.820. The second-order valence-electron chi connectivity index (χ2n) is 7.37. The predicted octanol–water partition coefficient (Wildman–Crippen LogP) is 5.04. The van der Waals surface area contributed by atoms with Gasteiger partial charge >= 0.3 is 0 Å². The zero-order valence-electron chi connectivity index (χ0n) is 13.6. The van der Waals surface area contributed by atoms with E-state index in [1.807, 2.05) is 0 Å². The topological polar surface area (TPSA) is 26.0 Å². The van der Waals surface area contributed by atoms with Crippen LogP contribution in [0.3, 0.4) is 0 Å². The Kier molecular flexibility index (Phi) is 4.69. The average molecular weight is 285 g/mol. The molecule has 2 N–H and O–H groups in total. The van der Waals surface area contributed by atoms with Crippen LogP contribution in [0.4, 0.5) is 0 Å². The minimum absolute atomic E-state index is 0.261. The van der Waals surface area contributed by atoms with Gasteiger partial charge in [-0.3, -0.25) is 0 Å². The molecule has 0 spiro atoms. The number of rotatable bonds is 4. The van der Waals surface area contributed by atoms with Crippen molar-refractivity contribution in [2.45, 2.75) is 76.2 Å². The summed E-state index contributed by atoms with van der Waals surface area (Å²) in [6, 6.07) is 11.5. The molecule has 2 aliphatic rings. The number of benzene rings is 1. The lowest BCUT2D eigenvalue weighted by molar-refractivity contribution is 0.143. The van der Waals surface area contributed by atoms with E-state index in [2.05, 4.69) is 37.3 Å². The van der Waals surface area contributed by atoms with Crippen molar-refractivity contribution < 1.29 is 0 Å². The van der Waals surface area contributed by atoms with E-state index < -0.39 is 0 Å². The molecule has 0 saturated heterocycles. The molecule has 0 aliphatic heterocycles. The highest BCUT2D eigenvalue weighted by atomic mass is 14.7. The van der Waals surface area contributed by atoms with Gasteiger partial charge in [0.1, 0.15) is 0 Å². The van der Waals surface area contributed by atoms with Crippen molar-refractivity contribution in [2.24, 2.45) is 17.6 Å². The molecule has 1 nitrogen and oxygen atoms in total. The van der Waals surface area contributed by atoms with Gasteiger partial charge in [0.2, 0.25) is 0 Å². The molecule has 116 valence electrons. The summed E-state index contributed by atoms with van der Waals surface area (Å²) >= 11 is 0. The molecule has 0 bridgehead atoms. The van der Waals surface area contributed by atoms with Crippen LogP contribution in [0.5, 0.6) is 0 Å². The van der Waals surface area contributed by atoms with Crippen LogP contribution in [0.15, 0.2) is 30.3 Å². The van der Waals surface area contributed by atoms with Crippen LogP contribution in [0.1, 0.15) is 70.3 Å². The van der Waals surface area contributed by atoms with Gasteiger partial charge in [0.15, 0.2) is 0 Å². The molecule has 0 aromatic heterocycles. The van der Waals surface area contributed by atoms with Gasteiger partial charge in [0, 0.05) is 11.5 Å². The number of nitrogens with two attached hydrogens (primary N) is 1. The summed E-state index contributed by atoms with van der Waals surface area (Å²) in [5, 5.41) is 0. The van der Waals surface area contributed by atoms with Crippen LogP contribution in [-0.4, -0.2) is 6.04 Å². The Labute approximate surface area is 130 Å². The summed E-state index contributed by atoms with van der Waals surface area (Å²) in [6.45, 7) is 2.36. The van der Waals surface area contributed by atoms with Gasteiger partial charge in [-0.25, -0.2) is 0 Å². The number of hydrogen-bond donors (Lipinski definition) is 1. The molecule has 3 rings (SSSR count). The van der Waals surface area contributed by atoms with E-state index in [9.17, 15) is 0 Å². The van der Waals surface area contributed by atoms with Gasteiger partial charge in [-0.15, -0.1) is 0 Å². The molecule has 3 atom stereocenters. The normalized spacial score (nSPS) is 30.2. The molecule has 21 heavy (non-hydrogen) atoms. The molecular formula is C20H31N. The number of hydrogen-bond acceptors (Lipinski definition) is 1. The lowest BCUT2D eigenvalue weighted by Gasteiger charge is -2.45. The monoisotopic (exact) mass is 285 g/mol. The SMILES string of the molecule is CCC1CCCCC1C(N)C1(c2ccccc2)CCCC1. The maximum Gasteiger partial charge on any atom is 0.0167 e. The second-order valence-corrected chi connectivity index (χ2v) is 7.37. The van der Waals surface area contributed by atoms with Crippen molar-refractivity contribution in [1.82, 2.24) is 0 Å². The first kappa shape index (κ1) is 15.1. The summed E-state index contributed by atoms with van der Waals surface area (Å²) in [4.78, 5) is 0. The summed E-state index contributed by atoms with van der Waals surface area (Å²) in [7, 11) is 0. The van der Waals surface area contributed by atoms with Crippen LogP contribution < -0.4 is 5.73 Å². The maximum absolute atomic E-state index is 6.99. The van der Waals surface area contributed by atoms with Gasteiger partial charge in [-0.2, -0.15) is 0 Å². The van der Waals surface area contributed by atoms with E-state index >= 15 is 0 Å². The lowest BCUT2D eigenvalue weighted by Crippen LogP contribution is -2.51. The van der Waals surface area contributed by atoms with E-state index in [-0.39, 0.29) is 5.41 Å². The molecule has 2 fully saturated rings. The Balaban J connectivity index is 1.90. The zero-order valence-corrected chi connectivity index (χ0v) is 13.6. The van der Waals surface area contributed by atoms with E-state index in [1.165, 1.54) is 63.4 Å². The molecular weight excluding hydrogens is 254 g/mol. The predicted molar refractivity (Wildman–Crippen MR) is 90.3 cm³/mol. The quantitative estimate of drug-likeness (QED) is 0.824. The van der Waals surface area contributed by atoms with Crippen molar-refractivity contribution in [3.05, 3.63) is 35.9 Å². The van der Waals surface area contributed by atoms with Crippen molar-refractivity contribution in [3.8, 4) is 0 Å². The van der Waals surface area contributed by atoms with Crippen LogP contribution in [-0.2, 0) is 5.41 Å². The Morgan fingerprint density at radius 3 is 2.38 bits per heavy atom. The summed E-state index contributed by atoms with van der Waals surface area (Å²) < 4.78 is 0. The first-order chi connectivity index (χ1) is 10.3. The molecule has 0 radical (unpaired) electrons. The van der Waals surface area contributed by atoms with Crippen LogP contribution in [0.25, 0.3) is 0 Å². The fraction of sp³-hybridized carbons (Fsp3) is 0.700. The van der Waals surface area contributed by atoms with E-state index in [0.717, 1.165) is 11.8 Å². The zero-order chi connectivity index (χ0) is 14.7. The van der Waals surface area contributed by atoms with Crippen molar-refractivity contribution in [2.75, 3.05) is 0 Å². The van der Waals surface area contributed by atoms with Gasteiger partial charge in [0.05, 0.1) is 0 Å². The van der Waals surface area contributed by atoms with Gasteiger partial charge < -0.3 is 5.73 Å². The minimum atomic E-state index is 0.261. The van der Waals surface area contributed by atoms with E-state index in [1.54, 1.807) is 0 Å². The van der Waals surface area contributed by atoms with Crippen molar-refractivity contribution >= 4 is 0 Å². The minimum Gasteiger partial charge on any atom is -0.327 e. The third-order valence-electron chi connectivity index (χ3n) is 6.44. The maximum atomic E-state index is 6.99. The van der Waals surface area contributed by atoms with E-state index in [0.29, 0.717) is 6.04 Å². The fourth-order valence-corrected chi connectivity index (χ4v) is 5.22. The summed E-state index contributed by atoms with van der Waals surface area (Å²) in [5.74, 6) is 1.59. The highest BCUT2D eigenvalue weighted by molar-refractivity contribution is 5.29. The summed E-state index contributed by atoms with van der Waals surface area (Å²) in [5.41, 5.74) is 8.76. The molecule has 1 aromatic carbocycles. The van der Waals surface area contributed by atoms with E-state index in [4.69, 9.17) is 5.73 Å². The smallest absolute Gasteiger partial charge is 0.0167 e. The molecule has 0 heterocycles. The van der Waals surface area contributed by atoms with Gasteiger partial charge in [0.25, 0.3) is 0 Å². The lowest BCUT2D eigenvalue weighted by atomic mass is 9.62. The highest BCUT2D eigenvalue weighted by Crippen LogP contribution is 2.48. The molecule has 2 aliphatic carbocycles. The molecule has 2 saturated carbocycles. The Bertz CT molecular complexity index is 432. The third-order valence-corrected chi connectivity index (χ3v) is 6.44. The highest BCUT2D eigenvalue weighted by Gasteiger charge is 2.45. The third kappa shape index (κ3) is 2.77.